The molecule has 2 N–H and O–H groups in total. The van der Waals surface area contributed by atoms with E-state index >= 15 is 0 Å². The van der Waals surface area contributed by atoms with Crippen LogP contribution in [0.3, 0.4) is 0 Å². The number of hydrogen-bond donors (Lipinski definition) is 2. The molecule has 0 fully saturated rings. The Morgan fingerprint density at radius 1 is 1.43 bits per heavy atom. The summed E-state index contributed by atoms with van der Waals surface area (Å²) in [6.45, 7) is 1.53. The lowest BCUT2D eigenvalue weighted by molar-refractivity contribution is -0.128. The maximum absolute atomic E-state index is 11.3. The number of carbonyl (C=O) groups excluding carboxylic acids is 1. The fourth-order valence-corrected chi connectivity index (χ4v) is 1.86. The Labute approximate surface area is 130 Å². The van der Waals surface area contributed by atoms with Crippen molar-refractivity contribution in [2.75, 3.05) is 33.8 Å². The third kappa shape index (κ3) is 7.43. The normalized spacial score (nSPS) is 12.2. The van der Waals surface area contributed by atoms with Gasteiger partial charge >= 0.3 is 0 Å². The Hall–Kier alpha value is -1.14. The van der Waals surface area contributed by atoms with E-state index in [9.17, 15) is 9.90 Å². The molecule has 21 heavy (non-hydrogen) atoms. The largest absolute Gasteiger partial charge is 0.389 e. The van der Waals surface area contributed by atoms with Gasteiger partial charge in [0.25, 0.3) is 0 Å². The SMILES string of the molecule is CN(C)C(=O)CCNCC(O)COCc1ccccc1Cl. The number of nitrogens with zero attached hydrogens (tertiary/aromatic N) is 1. The molecule has 1 rings (SSSR count). The number of amides is 1. The average molecular weight is 315 g/mol. The van der Waals surface area contributed by atoms with E-state index in [0.717, 1.165) is 5.56 Å². The summed E-state index contributed by atoms with van der Waals surface area (Å²) in [5, 5.41) is 13.4. The summed E-state index contributed by atoms with van der Waals surface area (Å²) in [4.78, 5) is 12.9. The van der Waals surface area contributed by atoms with Gasteiger partial charge in [-0.2, -0.15) is 0 Å². The summed E-state index contributed by atoms with van der Waals surface area (Å²) in [7, 11) is 3.44. The third-order valence-corrected chi connectivity index (χ3v) is 3.29. The average Bonchev–Trinajstić information content (AvgIpc) is 2.45. The van der Waals surface area contributed by atoms with E-state index in [4.69, 9.17) is 16.3 Å². The molecule has 1 atom stereocenters. The second-order valence-electron chi connectivity index (χ2n) is 5.00. The Bertz CT molecular complexity index is 441. The van der Waals surface area contributed by atoms with Crippen molar-refractivity contribution < 1.29 is 14.6 Å². The predicted octanol–water partition coefficient (Wildman–Crippen LogP) is 1.29. The van der Waals surface area contributed by atoms with Gasteiger partial charge in [0.05, 0.1) is 19.3 Å². The topological polar surface area (TPSA) is 61.8 Å². The first-order chi connectivity index (χ1) is 10.0. The molecule has 0 aliphatic heterocycles. The third-order valence-electron chi connectivity index (χ3n) is 2.92. The lowest BCUT2D eigenvalue weighted by Crippen LogP contribution is -2.33. The van der Waals surface area contributed by atoms with Crippen molar-refractivity contribution in [3.8, 4) is 0 Å². The molecule has 0 heterocycles. The number of rotatable bonds is 9. The second-order valence-corrected chi connectivity index (χ2v) is 5.41. The summed E-state index contributed by atoms with van der Waals surface area (Å²) in [6.07, 6.45) is -0.192. The zero-order chi connectivity index (χ0) is 15.7. The Kier molecular flexibility index (Phi) is 8.30. The summed E-state index contributed by atoms with van der Waals surface area (Å²) >= 11 is 6.01. The minimum absolute atomic E-state index is 0.0620. The molecule has 1 amide bonds. The second kappa shape index (κ2) is 9.73. The van der Waals surface area contributed by atoms with Gasteiger partial charge in [0, 0.05) is 38.6 Å². The molecule has 0 aromatic heterocycles. The van der Waals surface area contributed by atoms with Crippen LogP contribution in [0.2, 0.25) is 5.02 Å². The van der Waals surface area contributed by atoms with Crippen molar-refractivity contribution in [1.82, 2.24) is 10.2 Å². The Morgan fingerprint density at radius 2 is 2.14 bits per heavy atom. The highest BCUT2D eigenvalue weighted by Gasteiger charge is 2.07. The Morgan fingerprint density at radius 3 is 2.81 bits per heavy atom. The number of aliphatic hydroxyl groups excluding tert-OH is 1. The molecule has 0 spiro atoms. The van der Waals surface area contributed by atoms with Crippen molar-refractivity contribution in [2.45, 2.75) is 19.1 Å². The summed E-state index contributed by atoms with van der Waals surface area (Å²) in [5.41, 5.74) is 0.899. The van der Waals surface area contributed by atoms with Gasteiger partial charge in [0.2, 0.25) is 5.91 Å². The molecule has 0 aliphatic rings. The van der Waals surface area contributed by atoms with Crippen molar-refractivity contribution in [1.29, 1.82) is 0 Å². The van der Waals surface area contributed by atoms with Crippen LogP contribution in [0.4, 0.5) is 0 Å². The standard InChI is InChI=1S/C15H23ClN2O3/c1-18(2)15(20)7-8-17-9-13(19)11-21-10-12-5-3-4-6-14(12)16/h3-6,13,17,19H,7-11H2,1-2H3. The van der Waals surface area contributed by atoms with Crippen LogP contribution in [0.1, 0.15) is 12.0 Å². The highest BCUT2D eigenvalue weighted by molar-refractivity contribution is 6.31. The van der Waals surface area contributed by atoms with Gasteiger partial charge in [-0.25, -0.2) is 0 Å². The van der Waals surface area contributed by atoms with Crippen LogP contribution < -0.4 is 5.32 Å². The minimum atomic E-state index is -0.609. The van der Waals surface area contributed by atoms with Crippen LogP contribution in [0.5, 0.6) is 0 Å². The maximum Gasteiger partial charge on any atom is 0.223 e. The molecule has 5 nitrogen and oxygen atoms in total. The molecule has 0 aliphatic carbocycles. The van der Waals surface area contributed by atoms with Gasteiger partial charge in [0.1, 0.15) is 0 Å². The number of ether oxygens (including phenoxy) is 1. The molecular formula is C15H23ClN2O3. The lowest BCUT2D eigenvalue weighted by Gasteiger charge is -2.14. The molecule has 1 unspecified atom stereocenters. The fourth-order valence-electron chi connectivity index (χ4n) is 1.67. The van der Waals surface area contributed by atoms with Crippen LogP contribution in [0.15, 0.2) is 24.3 Å². The number of aliphatic hydroxyl groups is 1. The first-order valence-corrected chi connectivity index (χ1v) is 7.28. The first kappa shape index (κ1) is 17.9. The van der Waals surface area contributed by atoms with Crippen molar-refractivity contribution in [3.63, 3.8) is 0 Å². The van der Waals surface area contributed by atoms with Crippen LogP contribution in [0, 0.1) is 0 Å². The van der Waals surface area contributed by atoms with Crippen LogP contribution in [-0.4, -0.2) is 55.8 Å². The molecule has 0 saturated carbocycles. The van der Waals surface area contributed by atoms with Gasteiger partial charge in [-0.05, 0) is 11.6 Å². The zero-order valence-electron chi connectivity index (χ0n) is 12.5. The monoisotopic (exact) mass is 314 g/mol. The summed E-state index contributed by atoms with van der Waals surface area (Å²) in [5.74, 6) is 0.0620. The van der Waals surface area contributed by atoms with E-state index in [0.29, 0.717) is 31.1 Å². The van der Waals surface area contributed by atoms with E-state index in [1.54, 1.807) is 25.1 Å². The van der Waals surface area contributed by atoms with E-state index in [2.05, 4.69) is 5.32 Å². The van der Waals surface area contributed by atoms with Gasteiger partial charge in [-0.15, -0.1) is 0 Å². The van der Waals surface area contributed by atoms with Gasteiger partial charge in [0.15, 0.2) is 0 Å². The molecule has 0 bridgehead atoms. The molecule has 6 heteroatoms. The van der Waals surface area contributed by atoms with Crippen molar-refractivity contribution in [3.05, 3.63) is 34.9 Å². The van der Waals surface area contributed by atoms with Crippen molar-refractivity contribution >= 4 is 17.5 Å². The maximum atomic E-state index is 11.3. The molecule has 1 aromatic carbocycles. The van der Waals surface area contributed by atoms with Gasteiger partial charge < -0.3 is 20.1 Å². The van der Waals surface area contributed by atoms with E-state index in [1.807, 2.05) is 18.2 Å². The number of benzene rings is 1. The first-order valence-electron chi connectivity index (χ1n) is 6.90. The van der Waals surface area contributed by atoms with Crippen LogP contribution >= 0.6 is 11.6 Å². The van der Waals surface area contributed by atoms with E-state index in [-0.39, 0.29) is 12.5 Å². The fraction of sp³-hybridized carbons (Fsp3) is 0.533. The molecule has 1 aromatic rings. The van der Waals surface area contributed by atoms with Crippen molar-refractivity contribution in [2.24, 2.45) is 0 Å². The number of nitrogens with one attached hydrogen (secondary N) is 1. The smallest absolute Gasteiger partial charge is 0.223 e. The van der Waals surface area contributed by atoms with Crippen LogP contribution in [-0.2, 0) is 16.1 Å². The molecule has 0 radical (unpaired) electrons. The number of halogens is 1. The number of hydrogen-bond acceptors (Lipinski definition) is 4. The summed E-state index contributed by atoms with van der Waals surface area (Å²) < 4.78 is 5.43. The van der Waals surface area contributed by atoms with Gasteiger partial charge in [-0.1, -0.05) is 29.8 Å². The minimum Gasteiger partial charge on any atom is -0.389 e. The van der Waals surface area contributed by atoms with Gasteiger partial charge in [-0.3, -0.25) is 4.79 Å². The van der Waals surface area contributed by atoms with E-state index in [1.165, 1.54) is 0 Å². The highest BCUT2D eigenvalue weighted by Crippen LogP contribution is 2.15. The zero-order valence-corrected chi connectivity index (χ0v) is 13.3. The molecular weight excluding hydrogens is 292 g/mol. The van der Waals surface area contributed by atoms with Crippen LogP contribution in [0.25, 0.3) is 0 Å². The lowest BCUT2D eigenvalue weighted by atomic mass is 10.2. The highest BCUT2D eigenvalue weighted by atomic mass is 35.5. The van der Waals surface area contributed by atoms with E-state index < -0.39 is 6.10 Å². The molecule has 118 valence electrons. The quantitative estimate of drug-likeness (QED) is 0.674. The number of carbonyl (C=O) groups is 1. The summed E-state index contributed by atoms with van der Waals surface area (Å²) in [6, 6.07) is 7.45. The Balaban J connectivity index is 2.10. The predicted molar refractivity (Wildman–Crippen MR) is 83.3 cm³/mol. The molecule has 0 saturated heterocycles.